The second kappa shape index (κ2) is 7.47. The highest BCUT2D eigenvalue weighted by Crippen LogP contribution is 2.35. The average Bonchev–Trinajstić information content (AvgIpc) is 3.14. The number of carbonyl (C=O) groups excluding carboxylic acids is 1. The minimum atomic E-state index is -1.24. The first kappa shape index (κ1) is 17.1. The summed E-state index contributed by atoms with van der Waals surface area (Å²) >= 11 is 2.42. The van der Waals surface area contributed by atoms with E-state index in [1.54, 1.807) is 18.2 Å². The molecule has 25 heavy (non-hydrogen) atoms. The van der Waals surface area contributed by atoms with Crippen LogP contribution >= 0.6 is 23.1 Å². The van der Waals surface area contributed by atoms with Gasteiger partial charge >= 0.3 is 0 Å². The predicted octanol–water partition coefficient (Wildman–Crippen LogP) is 3.33. The molecule has 0 N–H and O–H groups in total. The van der Waals surface area contributed by atoms with E-state index >= 15 is 0 Å². The Bertz CT molecular complexity index is 948. The number of nitrogens with zero attached hydrogens (tertiary/aromatic N) is 2. The van der Waals surface area contributed by atoms with Gasteiger partial charge in [0.15, 0.2) is 0 Å². The van der Waals surface area contributed by atoms with Crippen LogP contribution in [0.15, 0.2) is 52.9 Å². The highest BCUT2D eigenvalue weighted by atomic mass is 32.2. The molecule has 3 rings (SSSR count). The highest BCUT2D eigenvalue weighted by molar-refractivity contribution is 7.99. The third-order valence-corrected chi connectivity index (χ3v) is 5.19. The van der Waals surface area contributed by atoms with E-state index in [-0.39, 0.29) is 17.1 Å². The number of aromatic nitrogens is 1. The molecule has 3 aromatic rings. The minimum Gasteiger partial charge on any atom is -0.549 e. The number of hydrogen-bond donors (Lipinski definition) is 0. The van der Waals surface area contributed by atoms with Crippen molar-refractivity contribution in [2.75, 3.05) is 5.75 Å². The monoisotopic (exact) mass is 369 g/mol. The van der Waals surface area contributed by atoms with Crippen molar-refractivity contribution in [3.8, 4) is 27.8 Å². The van der Waals surface area contributed by atoms with Gasteiger partial charge in [-0.1, -0.05) is 30.0 Å². The lowest BCUT2D eigenvalue weighted by atomic mass is 10.0. The highest BCUT2D eigenvalue weighted by Gasteiger charge is 2.16. The number of halogens is 1. The molecule has 0 radical (unpaired) electrons. The number of rotatable bonds is 5. The van der Waals surface area contributed by atoms with Crippen molar-refractivity contribution in [2.24, 2.45) is 0 Å². The van der Waals surface area contributed by atoms with Crippen LogP contribution in [0.2, 0.25) is 0 Å². The maximum absolute atomic E-state index is 13.2. The van der Waals surface area contributed by atoms with E-state index in [4.69, 9.17) is 0 Å². The van der Waals surface area contributed by atoms with E-state index < -0.39 is 5.97 Å². The molecule has 2 aromatic heterocycles. The zero-order chi connectivity index (χ0) is 17.8. The molecule has 4 nitrogen and oxygen atoms in total. The second-order valence-electron chi connectivity index (χ2n) is 4.99. The predicted molar refractivity (Wildman–Crippen MR) is 93.4 cm³/mol. The number of carbonyl (C=O) groups is 1. The Morgan fingerprint density at radius 3 is 2.68 bits per heavy atom. The van der Waals surface area contributed by atoms with Crippen LogP contribution in [0.1, 0.15) is 5.56 Å². The van der Waals surface area contributed by atoms with E-state index in [0.29, 0.717) is 21.8 Å². The van der Waals surface area contributed by atoms with E-state index in [0.717, 1.165) is 16.6 Å². The molecule has 1 aromatic carbocycles. The molecule has 7 heteroatoms. The summed E-state index contributed by atoms with van der Waals surface area (Å²) in [5, 5.41) is 22.6. The van der Waals surface area contributed by atoms with Crippen molar-refractivity contribution in [3.05, 3.63) is 59.2 Å². The zero-order valence-electron chi connectivity index (χ0n) is 12.7. The summed E-state index contributed by atoms with van der Waals surface area (Å²) in [5.41, 5.74) is 2.14. The van der Waals surface area contributed by atoms with Crippen molar-refractivity contribution in [1.82, 2.24) is 4.98 Å². The molecule has 0 spiro atoms. The number of aliphatic carboxylic acids is 1. The van der Waals surface area contributed by atoms with E-state index in [9.17, 15) is 19.6 Å². The van der Waals surface area contributed by atoms with Crippen LogP contribution in [0.3, 0.4) is 0 Å². The van der Waals surface area contributed by atoms with Crippen LogP contribution in [0, 0.1) is 17.1 Å². The van der Waals surface area contributed by atoms with Gasteiger partial charge in [-0.3, -0.25) is 0 Å². The normalized spacial score (nSPS) is 10.4. The number of benzene rings is 1. The van der Waals surface area contributed by atoms with Crippen LogP contribution in [0.4, 0.5) is 4.39 Å². The number of carboxylic acids is 1. The molecule has 0 amide bonds. The Kier molecular flexibility index (Phi) is 5.12. The number of hydrogen-bond acceptors (Lipinski definition) is 6. The van der Waals surface area contributed by atoms with Crippen molar-refractivity contribution < 1.29 is 14.3 Å². The van der Waals surface area contributed by atoms with Crippen LogP contribution in [-0.2, 0) is 4.79 Å². The van der Waals surface area contributed by atoms with Gasteiger partial charge in [-0.15, -0.1) is 11.3 Å². The maximum Gasteiger partial charge on any atom is 0.123 e. The minimum absolute atomic E-state index is 0.262. The molecule has 0 unspecified atom stereocenters. The fraction of sp³-hybridized carbons (Fsp3) is 0.0556. The summed E-state index contributed by atoms with van der Waals surface area (Å²) in [5.74, 6) is -1.92. The SMILES string of the molecule is N#Cc1c(-c2ccc(F)cc2)cc(-c2cccs2)nc1SCC(=O)[O-]. The largest absolute Gasteiger partial charge is 0.549 e. The third-order valence-electron chi connectivity index (χ3n) is 3.35. The molecule has 0 fully saturated rings. The summed E-state index contributed by atoms with van der Waals surface area (Å²) in [4.78, 5) is 16.1. The Morgan fingerprint density at radius 2 is 2.08 bits per heavy atom. The van der Waals surface area contributed by atoms with Gasteiger partial charge in [-0.25, -0.2) is 9.37 Å². The lowest BCUT2D eigenvalue weighted by molar-refractivity contribution is -0.301. The average molecular weight is 369 g/mol. The van der Waals surface area contributed by atoms with Gasteiger partial charge in [-0.05, 0) is 35.2 Å². The van der Waals surface area contributed by atoms with Gasteiger partial charge in [0.1, 0.15) is 16.9 Å². The Balaban J connectivity index is 2.18. The smallest absolute Gasteiger partial charge is 0.123 e. The Morgan fingerprint density at radius 1 is 1.32 bits per heavy atom. The summed E-state index contributed by atoms with van der Waals surface area (Å²) in [6, 6.07) is 13.4. The standard InChI is InChI=1S/C18H11FN2O2S2/c19-12-5-3-11(4-6-12)13-8-15(16-2-1-7-24-16)21-18(14(13)9-20)25-10-17(22)23/h1-8H,10H2,(H,22,23)/p-1. The third kappa shape index (κ3) is 3.87. The summed E-state index contributed by atoms with van der Waals surface area (Å²) in [6.45, 7) is 0. The molecule has 0 saturated heterocycles. The topological polar surface area (TPSA) is 76.8 Å². The number of thiophene rings is 1. The molecular weight excluding hydrogens is 359 g/mol. The Labute approximate surface area is 151 Å². The fourth-order valence-corrected chi connectivity index (χ4v) is 3.67. The maximum atomic E-state index is 13.2. The molecule has 0 aliphatic carbocycles. The number of thioether (sulfide) groups is 1. The molecule has 0 aliphatic rings. The molecular formula is C18H10FN2O2S2-. The van der Waals surface area contributed by atoms with Gasteiger partial charge < -0.3 is 9.90 Å². The van der Waals surface area contributed by atoms with Crippen molar-refractivity contribution in [2.45, 2.75) is 5.03 Å². The van der Waals surface area contributed by atoms with Gasteiger partial charge in [-0.2, -0.15) is 5.26 Å². The van der Waals surface area contributed by atoms with Crippen molar-refractivity contribution in [1.29, 1.82) is 5.26 Å². The molecule has 0 atom stereocenters. The summed E-state index contributed by atoms with van der Waals surface area (Å²) in [6.07, 6.45) is 0. The van der Waals surface area contributed by atoms with Gasteiger partial charge in [0.05, 0.1) is 22.1 Å². The zero-order valence-corrected chi connectivity index (χ0v) is 14.4. The second-order valence-corrected chi connectivity index (χ2v) is 6.90. The first-order chi connectivity index (χ1) is 12.1. The van der Waals surface area contributed by atoms with Gasteiger partial charge in [0.2, 0.25) is 0 Å². The molecule has 124 valence electrons. The van der Waals surface area contributed by atoms with Crippen LogP contribution in [0.25, 0.3) is 21.7 Å². The first-order valence-electron chi connectivity index (χ1n) is 7.16. The Hall–Kier alpha value is -2.69. The number of nitriles is 1. The molecule has 0 bridgehead atoms. The molecule has 0 aliphatic heterocycles. The van der Waals surface area contributed by atoms with E-state index in [1.807, 2.05) is 17.5 Å². The lowest BCUT2D eigenvalue weighted by Crippen LogP contribution is -2.24. The number of carboxylic acid groups (broad SMARTS) is 1. The van der Waals surface area contributed by atoms with E-state index in [2.05, 4.69) is 11.1 Å². The summed E-state index contributed by atoms with van der Waals surface area (Å²) < 4.78 is 13.2. The molecule has 2 heterocycles. The van der Waals surface area contributed by atoms with Gasteiger partial charge in [0.25, 0.3) is 0 Å². The van der Waals surface area contributed by atoms with E-state index in [1.165, 1.54) is 23.5 Å². The van der Waals surface area contributed by atoms with Crippen LogP contribution in [-0.4, -0.2) is 16.7 Å². The van der Waals surface area contributed by atoms with Crippen LogP contribution in [0.5, 0.6) is 0 Å². The summed E-state index contributed by atoms with van der Waals surface area (Å²) in [7, 11) is 0. The first-order valence-corrected chi connectivity index (χ1v) is 9.02. The molecule has 0 saturated carbocycles. The van der Waals surface area contributed by atoms with Gasteiger partial charge in [0, 0.05) is 11.3 Å². The van der Waals surface area contributed by atoms with Crippen molar-refractivity contribution >= 4 is 29.1 Å². The van der Waals surface area contributed by atoms with Crippen LogP contribution < -0.4 is 5.11 Å². The van der Waals surface area contributed by atoms with Crippen molar-refractivity contribution in [3.63, 3.8) is 0 Å². The number of pyridine rings is 1. The quantitative estimate of drug-likeness (QED) is 0.645. The fourth-order valence-electron chi connectivity index (χ4n) is 2.27. The lowest BCUT2D eigenvalue weighted by Gasteiger charge is -2.12.